The predicted octanol–water partition coefficient (Wildman–Crippen LogP) is 5.71. The predicted molar refractivity (Wildman–Crippen MR) is 314 cm³/mol. The van der Waals surface area contributed by atoms with Crippen LogP contribution < -0.4 is 37.8 Å². The van der Waals surface area contributed by atoms with E-state index < -0.39 is 11.6 Å². The Morgan fingerprint density at radius 1 is 0.391 bits per heavy atom. The van der Waals surface area contributed by atoms with Gasteiger partial charge >= 0.3 is 63.6 Å². The molecule has 0 aliphatic carbocycles. The third kappa shape index (κ3) is 21.9. The van der Waals surface area contributed by atoms with E-state index in [0.717, 1.165) is 40.6 Å². The summed E-state index contributed by atoms with van der Waals surface area (Å²) < 4.78 is 49.1. The van der Waals surface area contributed by atoms with Crippen molar-refractivity contribution in [3.05, 3.63) is 256 Å². The van der Waals surface area contributed by atoms with Crippen LogP contribution in [0.2, 0.25) is 0 Å². The van der Waals surface area contributed by atoms with Gasteiger partial charge in [0.05, 0.1) is 47.3 Å². The van der Waals surface area contributed by atoms with Gasteiger partial charge < -0.3 is 28.0 Å². The fourth-order valence-electron chi connectivity index (χ4n) is 7.09. The first-order chi connectivity index (χ1) is 40.5. The van der Waals surface area contributed by atoms with Crippen LogP contribution in [-0.2, 0) is 19.5 Å². The Bertz CT molecular complexity index is 3610. The monoisotopic (exact) mass is 1230 g/mol. The fourth-order valence-corrected chi connectivity index (χ4v) is 7.55. The van der Waals surface area contributed by atoms with Gasteiger partial charge in [0.1, 0.15) is 40.3 Å². The Labute approximate surface area is 538 Å². The molecular weight excluding hydrogens is 1190 g/mol. The number of nitrogens with one attached hydrogen (secondary N) is 3. The van der Waals surface area contributed by atoms with E-state index in [1.54, 1.807) is 105 Å². The van der Waals surface area contributed by atoms with Crippen LogP contribution in [0.5, 0.6) is 34.5 Å². The molecule has 0 saturated heterocycles. The molecule has 410 valence electrons. The topological polar surface area (TPSA) is 266 Å². The first-order valence-electron chi connectivity index (χ1n) is 24.5. The van der Waals surface area contributed by atoms with Gasteiger partial charge in [-0.2, -0.15) is 0 Å². The van der Waals surface area contributed by atoms with Crippen molar-refractivity contribution in [3.8, 4) is 102 Å². The molecule has 0 aliphatic heterocycles. The summed E-state index contributed by atoms with van der Waals surface area (Å²) in [6, 6.07) is 37.2. The van der Waals surface area contributed by atoms with Crippen LogP contribution in [-0.4, -0.2) is 114 Å². The number of hydrogen-bond donors (Lipinski definition) is 1. The molecule has 0 amide bonds. The summed E-state index contributed by atoms with van der Waals surface area (Å²) in [5.41, 5.74) is 7.41. The Balaban J connectivity index is 0.000000271. The second-order valence-corrected chi connectivity index (χ2v) is 17.0. The van der Waals surface area contributed by atoms with Crippen molar-refractivity contribution in [3.63, 3.8) is 0 Å². The van der Waals surface area contributed by atoms with Gasteiger partial charge in [-0.3, -0.25) is 39.9 Å². The molecule has 12 aromatic rings. The van der Waals surface area contributed by atoms with E-state index in [9.17, 15) is 33.6 Å². The van der Waals surface area contributed by atoms with E-state index in [1.807, 2.05) is 72.8 Å². The molecular formula is C60H45Al2Be3F3N12O6Zn+6. The van der Waals surface area contributed by atoms with Crippen molar-refractivity contribution in [2.75, 3.05) is 0 Å². The zero-order valence-corrected chi connectivity index (χ0v) is 52.2. The quantitative estimate of drug-likeness (QED) is 0.179. The van der Waals surface area contributed by atoms with Crippen molar-refractivity contribution >= 4 is 63.6 Å². The van der Waals surface area contributed by atoms with Gasteiger partial charge in [-0.1, -0.05) is 35.4 Å². The second-order valence-electron chi connectivity index (χ2n) is 16.4. The number of halogens is 3. The number of nitrogens with zero attached hydrogens (tertiary/aromatic N) is 9. The average molecular weight is 1230 g/mol. The van der Waals surface area contributed by atoms with Crippen LogP contribution in [0.4, 0.5) is 13.2 Å². The van der Waals surface area contributed by atoms with Crippen LogP contribution >= 0.6 is 0 Å². The van der Waals surface area contributed by atoms with Crippen LogP contribution in [0.15, 0.2) is 239 Å². The first kappa shape index (κ1) is 71.8. The van der Waals surface area contributed by atoms with Crippen molar-refractivity contribution in [1.82, 2.24) is 44.9 Å². The molecule has 0 aromatic carbocycles. The van der Waals surface area contributed by atoms with Gasteiger partial charge in [0, 0.05) is 141 Å². The number of H-pyrrole nitrogens is 3. The molecule has 0 spiro atoms. The Morgan fingerprint density at radius 3 is 1.45 bits per heavy atom. The first-order valence-corrected chi connectivity index (χ1v) is 25.6. The number of aromatic hydroxyl groups is 1. The Kier molecular flexibility index (Phi) is 31.8. The molecule has 0 atom stereocenters. The van der Waals surface area contributed by atoms with Gasteiger partial charge in [0.2, 0.25) is 17.1 Å². The van der Waals surface area contributed by atoms with E-state index in [1.165, 1.54) is 82.4 Å². The summed E-state index contributed by atoms with van der Waals surface area (Å²) in [4.78, 5) is 44.1. The van der Waals surface area contributed by atoms with Gasteiger partial charge in [-0.05, 0) is 72.8 Å². The zero-order chi connectivity index (χ0) is 58.6. The maximum absolute atomic E-state index is 13.5. The second kappa shape index (κ2) is 38.5. The normalized spacial score (nSPS) is 9.46. The Hall–Kier alpha value is -9.42. The zero-order valence-electron chi connectivity index (χ0n) is 46.4. The SMILES string of the molecule is Fc1ccc(-c2ccncc2[O][AlH])nc1.Fc1cnc(-c2ccncc2[O][AlH])c(F)c1.Oc1ccncc1-c1ccccn1.[Be+2].[Be+2].[Be+2].[O-]c1cccnc1-c1cccc[nH+]1.[O-]c1ccncc1-c1cccc[nH+]1.[O-]c1cnccc1-c1cccc[nH+]1.[Zn]. The minimum atomic E-state index is -0.729. The molecule has 12 rings (SSSR count). The minimum Gasteiger partial charge on any atom is -0.872 e. The largest absolute Gasteiger partial charge is 2.00 e. The molecule has 0 unspecified atom stereocenters. The van der Waals surface area contributed by atoms with Gasteiger partial charge in [0.15, 0.2) is 24.4 Å². The molecule has 4 N–H and O–H groups in total. The summed E-state index contributed by atoms with van der Waals surface area (Å²) in [5, 5.41) is 43.5. The van der Waals surface area contributed by atoms with Crippen LogP contribution in [0.1, 0.15) is 0 Å². The number of pyridine rings is 12. The van der Waals surface area contributed by atoms with Crippen LogP contribution in [0.25, 0.3) is 67.7 Å². The molecule has 18 nitrogen and oxygen atoms in total. The van der Waals surface area contributed by atoms with Crippen LogP contribution in [0.3, 0.4) is 0 Å². The van der Waals surface area contributed by atoms with Gasteiger partial charge in [-0.15, -0.1) is 0 Å². The van der Waals surface area contributed by atoms with E-state index >= 15 is 0 Å². The summed E-state index contributed by atoms with van der Waals surface area (Å²) in [5.74, 6) is -0.701. The van der Waals surface area contributed by atoms with E-state index in [4.69, 9.17) is 7.58 Å². The minimum absolute atomic E-state index is 0. The number of hydrogen-bond acceptors (Lipinski definition) is 15. The molecule has 0 bridgehead atoms. The molecule has 0 saturated carbocycles. The summed E-state index contributed by atoms with van der Waals surface area (Å²) in [6.07, 6.45) is 26.1. The fraction of sp³-hybridized carbons (Fsp3) is 0. The third-order valence-electron chi connectivity index (χ3n) is 11.0. The average Bonchev–Trinajstić information content (AvgIpc) is 3.63. The van der Waals surface area contributed by atoms with Crippen molar-refractivity contribution in [2.45, 2.75) is 0 Å². The molecule has 87 heavy (non-hydrogen) atoms. The number of aromatic amines is 3. The maximum atomic E-state index is 13.5. The van der Waals surface area contributed by atoms with Gasteiger partial charge in [0.25, 0.3) is 0 Å². The van der Waals surface area contributed by atoms with Crippen molar-refractivity contribution in [1.29, 1.82) is 0 Å². The molecule has 12 heterocycles. The molecule has 0 aliphatic rings. The Morgan fingerprint density at radius 2 is 0.908 bits per heavy atom. The van der Waals surface area contributed by atoms with E-state index in [0.29, 0.717) is 45.1 Å². The van der Waals surface area contributed by atoms with E-state index in [-0.39, 0.29) is 84.4 Å². The summed E-state index contributed by atoms with van der Waals surface area (Å²) >= 11 is 2.61. The van der Waals surface area contributed by atoms with Crippen molar-refractivity contribution in [2.24, 2.45) is 0 Å². The molecule has 2 radical (unpaired) electrons. The number of aromatic nitrogens is 12. The maximum Gasteiger partial charge on any atom is 2.00 e. The van der Waals surface area contributed by atoms with Crippen molar-refractivity contribution < 1.29 is 75.6 Å². The number of rotatable bonds is 8. The smallest absolute Gasteiger partial charge is 0.872 e. The van der Waals surface area contributed by atoms with Gasteiger partial charge in [-0.25, -0.2) is 33.1 Å². The molecule has 27 heteroatoms. The van der Waals surface area contributed by atoms with Crippen LogP contribution in [0, 0.1) is 17.5 Å². The third-order valence-corrected chi connectivity index (χ3v) is 11.6. The van der Waals surface area contributed by atoms with E-state index in [2.05, 4.69) is 59.8 Å². The summed E-state index contributed by atoms with van der Waals surface area (Å²) in [6.45, 7) is 0. The standard InChI is InChI=1S/C10H6F2N2O.C10H7FN2O.4C10H8N2O.2Al.3Be.Zn.2H/c11-6-3-8(12)10(14-4-6)7-1-2-13-5-9(7)15;11-7-1-2-9(13-5-7)8-3-4-12-6-10(8)14;13-9-5-3-7-12-10(9)8-4-1-2-6-11-8;2*13-10-4-6-11-7-8(10)9-3-1-2-5-12-9;13-10-7-11-6-4-8(10)9-3-1-2-5-12-9;;;;;;;;/h1-5,15H;1-6,14H;1-7,13H;2*1-7H,(H,11,13);1-7,13H;;;;;;;;/q;;;;;;2*+1;3*+2;;;/p-2. The summed E-state index contributed by atoms with van der Waals surface area (Å²) in [7, 11) is 0. The molecule has 12 aromatic heterocycles. The molecule has 0 fully saturated rings.